The summed E-state index contributed by atoms with van der Waals surface area (Å²) >= 11 is 7.81. The molecule has 0 unspecified atom stereocenters. The molecule has 0 amide bonds. The van der Waals surface area contributed by atoms with Crippen molar-refractivity contribution in [3.05, 3.63) is 59.1 Å². The second-order valence-corrected chi connectivity index (χ2v) is 6.69. The van der Waals surface area contributed by atoms with Crippen LogP contribution in [0.3, 0.4) is 0 Å². The lowest BCUT2D eigenvalue weighted by Crippen LogP contribution is -1.90. The zero-order valence-corrected chi connectivity index (χ0v) is 14.4. The minimum atomic E-state index is 0.170. The van der Waals surface area contributed by atoms with Gasteiger partial charge in [-0.3, -0.25) is 5.10 Å². The Balaban J connectivity index is 1.75. The third-order valence-electron chi connectivity index (χ3n) is 3.45. The Morgan fingerprint density at radius 3 is 2.57 bits per heavy atom. The Bertz CT molecular complexity index is 789. The van der Waals surface area contributed by atoms with Crippen molar-refractivity contribution >= 4 is 23.4 Å². The molecule has 3 rings (SSSR count). The first-order valence-corrected chi connectivity index (χ1v) is 8.41. The number of H-pyrrole nitrogens is 1. The Morgan fingerprint density at radius 2 is 1.87 bits per heavy atom. The molecule has 2 aromatic carbocycles. The van der Waals surface area contributed by atoms with Crippen LogP contribution in [0, 0.1) is 0 Å². The molecule has 0 aliphatic carbocycles. The fraction of sp³-hybridized carbons (Fsp3) is 0.176. The van der Waals surface area contributed by atoms with Gasteiger partial charge in [0.15, 0.2) is 5.82 Å². The van der Waals surface area contributed by atoms with E-state index >= 15 is 0 Å². The molecule has 1 aromatic heterocycles. The highest BCUT2D eigenvalue weighted by Gasteiger charge is 2.14. The Hall–Kier alpha value is -1.98. The molecule has 0 aliphatic rings. The Kier molecular flexibility index (Phi) is 4.88. The van der Waals surface area contributed by atoms with Gasteiger partial charge in [-0.1, -0.05) is 41.6 Å². The smallest absolute Gasteiger partial charge is 0.209 e. The van der Waals surface area contributed by atoms with Gasteiger partial charge in [0, 0.05) is 15.8 Å². The van der Waals surface area contributed by atoms with Gasteiger partial charge in [-0.05, 0) is 42.8 Å². The maximum absolute atomic E-state index is 6.24. The number of aromatic amines is 1. The summed E-state index contributed by atoms with van der Waals surface area (Å²) in [6, 6.07) is 15.5. The fourth-order valence-electron chi connectivity index (χ4n) is 2.20. The summed E-state index contributed by atoms with van der Waals surface area (Å²) in [5.41, 5.74) is 2.05. The molecule has 0 fully saturated rings. The molecule has 4 nitrogen and oxygen atoms in total. The Morgan fingerprint density at radius 1 is 1.13 bits per heavy atom. The van der Waals surface area contributed by atoms with Crippen LogP contribution in [0.25, 0.3) is 11.4 Å². The van der Waals surface area contributed by atoms with Gasteiger partial charge in [-0.25, -0.2) is 4.98 Å². The van der Waals surface area contributed by atoms with Crippen LogP contribution in [0.1, 0.15) is 17.7 Å². The summed E-state index contributed by atoms with van der Waals surface area (Å²) in [6.07, 6.45) is 0. The van der Waals surface area contributed by atoms with E-state index in [4.69, 9.17) is 16.3 Å². The molecule has 0 radical (unpaired) electrons. The normalized spacial score (nSPS) is 12.1. The van der Waals surface area contributed by atoms with E-state index in [1.165, 1.54) is 0 Å². The third kappa shape index (κ3) is 3.68. The summed E-state index contributed by atoms with van der Waals surface area (Å²) in [5.74, 6) is 1.55. The van der Waals surface area contributed by atoms with Crippen LogP contribution in [0.15, 0.2) is 53.7 Å². The van der Waals surface area contributed by atoms with E-state index < -0.39 is 0 Å². The summed E-state index contributed by atoms with van der Waals surface area (Å²) < 4.78 is 5.16. The van der Waals surface area contributed by atoms with E-state index in [1.807, 2.05) is 48.5 Å². The number of ether oxygens (including phenoxy) is 1. The monoisotopic (exact) mass is 345 g/mol. The number of nitrogens with zero attached hydrogens (tertiary/aromatic N) is 2. The standard InChI is InChI=1S/C17H16ClN3OS/c1-11(14-5-3-4-6-15(14)18)23-17-19-16(20-21-17)12-7-9-13(22-2)10-8-12/h3-11H,1-2H3,(H,19,20,21)/t11-/m1/s1. The van der Waals surface area contributed by atoms with Gasteiger partial charge in [0.1, 0.15) is 5.75 Å². The molecule has 3 aromatic rings. The van der Waals surface area contributed by atoms with Crippen LogP contribution in [0.4, 0.5) is 0 Å². The fourth-order valence-corrected chi connectivity index (χ4v) is 3.46. The molecule has 0 bridgehead atoms. The molecular weight excluding hydrogens is 330 g/mol. The number of hydrogen-bond acceptors (Lipinski definition) is 4. The van der Waals surface area contributed by atoms with Crippen molar-refractivity contribution in [3.8, 4) is 17.1 Å². The molecule has 0 saturated heterocycles. The number of rotatable bonds is 5. The number of aromatic nitrogens is 3. The molecule has 1 atom stereocenters. The predicted molar refractivity (Wildman–Crippen MR) is 94.1 cm³/mol. The van der Waals surface area contributed by atoms with Gasteiger partial charge in [-0.2, -0.15) is 0 Å². The molecule has 0 aliphatic heterocycles. The minimum absolute atomic E-state index is 0.170. The predicted octanol–water partition coefficient (Wildman–Crippen LogP) is 4.99. The zero-order valence-electron chi connectivity index (χ0n) is 12.8. The van der Waals surface area contributed by atoms with Crippen molar-refractivity contribution in [1.29, 1.82) is 0 Å². The van der Waals surface area contributed by atoms with E-state index in [2.05, 4.69) is 22.1 Å². The highest BCUT2D eigenvalue weighted by molar-refractivity contribution is 7.99. The van der Waals surface area contributed by atoms with Crippen LogP contribution >= 0.6 is 23.4 Å². The molecule has 23 heavy (non-hydrogen) atoms. The number of thioether (sulfide) groups is 1. The largest absolute Gasteiger partial charge is 0.497 e. The van der Waals surface area contributed by atoms with E-state index in [9.17, 15) is 0 Å². The van der Waals surface area contributed by atoms with Crippen molar-refractivity contribution < 1.29 is 4.74 Å². The first kappa shape index (κ1) is 15.9. The number of halogens is 1. The van der Waals surface area contributed by atoms with Crippen LogP contribution in [-0.4, -0.2) is 22.3 Å². The topological polar surface area (TPSA) is 50.8 Å². The van der Waals surface area contributed by atoms with Crippen molar-refractivity contribution in [2.75, 3.05) is 7.11 Å². The molecule has 1 heterocycles. The van der Waals surface area contributed by atoms with E-state index in [1.54, 1.807) is 18.9 Å². The van der Waals surface area contributed by atoms with Crippen molar-refractivity contribution in [2.45, 2.75) is 17.3 Å². The van der Waals surface area contributed by atoms with Gasteiger partial charge in [0.2, 0.25) is 5.16 Å². The van der Waals surface area contributed by atoms with E-state index in [0.717, 1.165) is 27.7 Å². The van der Waals surface area contributed by atoms with Crippen LogP contribution in [0.5, 0.6) is 5.75 Å². The summed E-state index contributed by atoms with van der Waals surface area (Å²) in [5, 5.41) is 8.89. The highest BCUT2D eigenvalue weighted by Crippen LogP contribution is 2.36. The SMILES string of the molecule is COc1ccc(-c2nc(S[C@H](C)c3ccccc3Cl)n[nH]2)cc1. The quantitative estimate of drug-likeness (QED) is 0.662. The molecule has 6 heteroatoms. The van der Waals surface area contributed by atoms with Crippen molar-refractivity contribution in [3.63, 3.8) is 0 Å². The van der Waals surface area contributed by atoms with Gasteiger partial charge < -0.3 is 4.74 Å². The molecule has 0 saturated carbocycles. The number of benzene rings is 2. The van der Waals surface area contributed by atoms with E-state index in [0.29, 0.717) is 5.16 Å². The van der Waals surface area contributed by atoms with Crippen LogP contribution in [0.2, 0.25) is 5.02 Å². The maximum atomic E-state index is 6.24. The summed E-state index contributed by atoms with van der Waals surface area (Å²) in [4.78, 5) is 4.54. The molecule has 0 spiro atoms. The van der Waals surface area contributed by atoms with Gasteiger partial charge >= 0.3 is 0 Å². The number of hydrogen-bond donors (Lipinski definition) is 1. The average molecular weight is 346 g/mol. The minimum Gasteiger partial charge on any atom is -0.497 e. The first-order chi connectivity index (χ1) is 11.2. The lowest BCUT2D eigenvalue weighted by atomic mass is 10.2. The highest BCUT2D eigenvalue weighted by atomic mass is 35.5. The number of methoxy groups -OCH3 is 1. The Labute approximate surface area is 144 Å². The number of nitrogens with one attached hydrogen (secondary N) is 1. The molecular formula is C17H16ClN3OS. The lowest BCUT2D eigenvalue weighted by Gasteiger charge is -2.10. The van der Waals surface area contributed by atoms with Crippen LogP contribution in [-0.2, 0) is 0 Å². The summed E-state index contributed by atoms with van der Waals surface area (Å²) in [7, 11) is 1.65. The summed E-state index contributed by atoms with van der Waals surface area (Å²) in [6.45, 7) is 2.09. The zero-order chi connectivity index (χ0) is 16.2. The first-order valence-electron chi connectivity index (χ1n) is 7.15. The second kappa shape index (κ2) is 7.06. The second-order valence-electron chi connectivity index (χ2n) is 4.98. The van der Waals surface area contributed by atoms with Crippen LogP contribution < -0.4 is 4.74 Å². The van der Waals surface area contributed by atoms with Crippen molar-refractivity contribution in [2.24, 2.45) is 0 Å². The third-order valence-corrected chi connectivity index (χ3v) is 4.80. The average Bonchev–Trinajstić information content (AvgIpc) is 3.03. The maximum Gasteiger partial charge on any atom is 0.209 e. The van der Waals surface area contributed by atoms with Crippen molar-refractivity contribution in [1.82, 2.24) is 15.2 Å². The molecule has 1 N–H and O–H groups in total. The lowest BCUT2D eigenvalue weighted by molar-refractivity contribution is 0.415. The van der Waals surface area contributed by atoms with Gasteiger partial charge in [0.05, 0.1) is 7.11 Å². The van der Waals surface area contributed by atoms with Gasteiger partial charge in [-0.15, -0.1) is 5.10 Å². The van der Waals surface area contributed by atoms with E-state index in [-0.39, 0.29) is 5.25 Å². The van der Waals surface area contributed by atoms with Gasteiger partial charge in [0.25, 0.3) is 0 Å². The molecule has 118 valence electrons.